The minimum absolute atomic E-state index is 0.0216. The molecular weight excluding hydrogens is 272 g/mol. The molecule has 0 aromatic heterocycles. The maximum absolute atomic E-state index is 11.6. The molecule has 5 nitrogen and oxygen atoms in total. The summed E-state index contributed by atoms with van der Waals surface area (Å²) in [7, 11) is 0. The van der Waals surface area contributed by atoms with Gasteiger partial charge in [0.2, 0.25) is 0 Å². The highest BCUT2D eigenvalue weighted by molar-refractivity contribution is 5.78. The molecule has 2 N–H and O–H groups in total. The third-order valence-electron chi connectivity index (χ3n) is 3.12. The van der Waals surface area contributed by atoms with Crippen LogP contribution in [0, 0.1) is 0 Å². The van der Waals surface area contributed by atoms with Crippen molar-refractivity contribution >= 4 is 11.9 Å². The molecule has 0 radical (unpaired) electrons. The van der Waals surface area contributed by atoms with E-state index in [9.17, 15) is 14.7 Å². The second-order valence-corrected chi connectivity index (χ2v) is 4.97. The Balaban J connectivity index is 2.63. The van der Waals surface area contributed by atoms with E-state index in [1.165, 1.54) is 6.07 Å². The fraction of sp³-hybridized carbons (Fsp3) is 0.500. The van der Waals surface area contributed by atoms with Gasteiger partial charge in [0.1, 0.15) is 11.5 Å². The zero-order valence-electron chi connectivity index (χ0n) is 12.3. The van der Waals surface area contributed by atoms with E-state index in [1.54, 1.807) is 12.1 Å². The number of benzene rings is 1. The second kappa shape index (κ2) is 9.00. The molecule has 116 valence electrons. The standard InChI is InChI=1S/C16H22O5/c1-2-3-4-5-6-12-7-8-13(17)11-14(12)21-16(20)10-9-15(18)19/h7-8,11,17H,2-6,9-10H2,1H3,(H,18,19). The number of carbonyl (C=O) groups is 2. The number of hydrogen-bond acceptors (Lipinski definition) is 4. The molecule has 0 aliphatic heterocycles. The highest BCUT2D eigenvalue weighted by Gasteiger charge is 2.12. The van der Waals surface area contributed by atoms with Gasteiger partial charge in [-0.05, 0) is 24.5 Å². The molecular formula is C16H22O5. The highest BCUT2D eigenvalue weighted by Crippen LogP contribution is 2.26. The summed E-state index contributed by atoms with van der Waals surface area (Å²) in [5.41, 5.74) is 0.854. The Kier molecular flexibility index (Phi) is 7.29. The van der Waals surface area contributed by atoms with E-state index in [4.69, 9.17) is 9.84 Å². The van der Waals surface area contributed by atoms with Crippen molar-refractivity contribution < 1.29 is 24.5 Å². The lowest BCUT2D eigenvalue weighted by Crippen LogP contribution is -2.11. The Morgan fingerprint density at radius 1 is 1.14 bits per heavy atom. The molecule has 0 aliphatic rings. The number of hydrogen-bond donors (Lipinski definition) is 2. The molecule has 21 heavy (non-hydrogen) atoms. The van der Waals surface area contributed by atoms with Crippen molar-refractivity contribution in [1.82, 2.24) is 0 Å². The normalized spacial score (nSPS) is 10.3. The summed E-state index contributed by atoms with van der Waals surface area (Å²) in [6.07, 6.45) is 4.71. The first-order valence-corrected chi connectivity index (χ1v) is 7.27. The van der Waals surface area contributed by atoms with Crippen LogP contribution in [-0.2, 0) is 16.0 Å². The van der Waals surface area contributed by atoms with Crippen LogP contribution in [0.5, 0.6) is 11.5 Å². The summed E-state index contributed by atoms with van der Waals surface area (Å²) < 4.78 is 5.17. The van der Waals surface area contributed by atoms with Gasteiger partial charge in [0.25, 0.3) is 0 Å². The van der Waals surface area contributed by atoms with E-state index >= 15 is 0 Å². The van der Waals surface area contributed by atoms with Crippen molar-refractivity contribution in [2.45, 2.75) is 51.9 Å². The Hall–Kier alpha value is -2.04. The predicted octanol–water partition coefficient (Wildman–Crippen LogP) is 3.29. The molecule has 0 saturated carbocycles. The minimum atomic E-state index is -1.04. The average molecular weight is 294 g/mol. The van der Waals surface area contributed by atoms with Gasteiger partial charge in [-0.1, -0.05) is 32.3 Å². The van der Waals surface area contributed by atoms with Gasteiger partial charge < -0.3 is 14.9 Å². The Labute approximate surface area is 124 Å². The second-order valence-electron chi connectivity index (χ2n) is 4.97. The van der Waals surface area contributed by atoms with Gasteiger partial charge >= 0.3 is 11.9 Å². The van der Waals surface area contributed by atoms with Gasteiger partial charge in [-0.25, -0.2) is 0 Å². The number of rotatable bonds is 9. The lowest BCUT2D eigenvalue weighted by Gasteiger charge is -2.10. The van der Waals surface area contributed by atoms with Crippen molar-refractivity contribution in [2.75, 3.05) is 0 Å². The molecule has 0 unspecified atom stereocenters. The average Bonchev–Trinajstić information content (AvgIpc) is 2.43. The number of aryl methyl sites for hydroxylation is 1. The van der Waals surface area contributed by atoms with Gasteiger partial charge in [0.05, 0.1) is 12.8 Å². The molecule has 1 aromatic carbocycles. The van der Waals surface area contributed by atoms with Gasteiger partial charge in [-0.15, -0.1) is 0 Å². The maximum Gasteiger partial charge on any atom is 0.311 e. The smallest absolute Gasteiger partial charge is 0.311 e. The largest absolute Gasteiger partial charge is 0.508 e. The van der Waals surface area contributed by atoms with Crippen molar-refractivity contribution in [3.8, 4) is 11.5 Å². The molecule has 1 aromatic rings. The van der Waals surface area contributed by atoms with Crippen LogP contribution in [0.15, 0.2) is 18.2 Å². The number of aliphatic carboxylic acids is 1. The van der Waals surface area contributed by atoms with E-state index in [0.29, 0.717) is 5.75 Å². The number of unbranched alkanes of at least 4 members (excludes halogenated alkanes) is 3. The molecule has 0 bridgehead atoms. The SMILES string of the molecule is CCCCCCc1ccc(O)cc1OC(=O)CCC(=O)O. The molecule has 0 heterocycles. The number of esters is 1. The van der Waals surface area contributed by atoms with Crippen LogP contribution >= 0.6 is 0 Å². The number of aromatic hydroxyl groups is 1. The van der Waals surface area contributed by atoms with Crippen molar-refractivity contribution in [2.24, 2.45) is 0 Å². The Morgan fingerprint density at radius 2 is 1.90 bits per heavy atom. The zero-order valence-corrected chi connectivity index (χ0v) is 12.3. The lowest BCUT2D eigenvalue weighted by atomic mass is 10.1. The van der Waals surface area contributed by atoms with E-state index < -0.39 is 11.9 Å². The summed E-state index contributed by atoms with van der Waals surface area (Å²) in [4.78, 5) is 22.0. The van der Waals surface area contributed by atoms with Crippen LogP contribution < -0.4 is 4.74 Å². The van der Waals surface area contributed by atoms with Crippen molar-refractivity contribution in [3.05, 3.63) is 23.8 Å². The van der Waals surface area contributed by atoms with E-state index in [-0.39, 0.29) is 18.6 Å². The van der Waals surface area contributed by atoms with Crippen molar-refractivity contribution in [3.63, 3.8) is 0 Å². The number of carboxylic acid groups (broad SMARTS) is 1. The number of phenols is 1. The predicted molar refractivity (Wildman–Crippen MR) is 78.5 cm³/mol. The van der Waals surface area contributed by atoms with Crippen LogP contribution in [0.25, 0.3) is 0 Å². The van der Waals surface area contributed by atoms with E-state index in [2.05, 4.69) is 6.92 Å². The van der Waals surface area contributed by atoms with Gasteiger partial charge in [-0.2, -0.15) is 0 Å². The first-order valence-electron chi connectivity index (χ1n) is 7.27. The van der Waals surface area contributed by atoms with Gasteiger partial charge in [0, 0.05) is 6.07 Å². The topological polar surface area (TPSA) is 83.8 Å². The van der Waals surface area contributed by atoms with Crippen molar-refractivity contribution in [1.29, 1.82) is 0 Å². The Bertz CT molecular complexity index is 482. The van der Waals surface area contributed by atoms with Crippen LogP contribution in [0.3, 0.4) is 0 Å². The third kappa shape index (κ3) is 6.79. The number of carbonyl (C=O) groups excluding carboxylic acids is 1. The summed E-state index contributed by atoms with van der Waals surface area (Å²) in [6.45, 7) is 2.14. The Morgan fingerprint density at radius 3 is 2.57 bits per heavy atom. The fourth-order valence-electron chi connectivity index (χ4n) is 1.97. The van der Waals surface area contributed by atoms with Crippen LogP contribution in [0.4, 0.5) is 0 Å². The van der Waals surface area contributed by atoms with E-state index in [0.717, 1.165) is 37.7 Å². The van der Waals surface area contributed by atoms with Crippen LogP contribution in [0.1, 0.15) is 51.0 Å². The molecule has 0 spiro atoms. The molecule has 0 amide bonds. The molecule has 0 saturated heterocycles. The number of carboxylic acids is 1. The maximum atomic E-state index is 11.6. The molecule has 1 rings (SSSR count). The number of phenolic OH excluding ortho intramolecular Hbond substituents is 1. The third-order valence-corrected chi connectivity index (χ3v) is 3.12. The van der Waals surface area contributed by atoms with E-state index in [1.807, 2.05) is 0 Å². The minimum Gasteiger partial charge on any atom is -0.508 e. The molecule has 0 aliphatic carbocycles. The van der Waals surface area contributed by atoms with Crippen LogP contribution in [-0.4, -0.2) is 22.2 Å². The first kappa shape index (κ1) is 17.0. The van der Waals surface area contributed by atoms with Gasteiger partial charge in [-0.3, -0.25) is 9.59 Å². The van der Waals surface area contributed by atoms with Gasteiger partial charge in [0.15, 0.2) is 0 Å². The number of ether oxygens (including phenoxy) is 1. The lowest BCUT2D eigenvalue weighted by molar-refractivity contribution is -0.142. The zero-order chi connectivity index (χ0) is 15.7. The summed E-state index contributed by atoms with van der Waals surface area (Å²) >= 11 is 0. The fourth-order valence-corrected chi connectivity index (χ4v) is 1.97. The summed E-state index contributed by atoms with van der Waals surface area (Å²) in [5.74, 6) is -1.30. The molecule has 5 heteroatoms. The quantitative estimate of drug-likeness (QED) is 0.415. The summed E-state index contributed by atoms with van der Waals surface area (Å²) in [5, 5.41) is 18.0. The molecule has 0 fully saturated rings. The monoisotopic (exact) mass is 294 g/mol. The van der Waals surface area contributed by atoms with Crippen LogP contribution in [0.2, 0.25) is 0 Å². The summed E-state index contributed by atoms with van der Waals surface area (Å²) in [6, 6.07) is 4.69. The first-order chi connectivity index (χ1) is 10.0. The molecule has 0 atom stereocenters. The highest BCUT2D eigenvalue weighted by atomic mass is 16.5.